The number of ketones is 1. The van der Waals surface area contributed by atoms with Crippen molar-refractivity contribution in [2.75, 3.05) is 0 Å². The van der Waals surface area contributed by atoms with Gasteiger partial charge in [-0.15, -0.1) is 0 Å². The number of hydrogen-bond donors (Lipinski definition) is 0. The lowest BCUT2D eigenvalue weighted by molar-refractivity contribution is -0.120. The molecule has 1 atom stereocenters. The fraction of sp³-hybridized carbons (Fsp3) is 0.400. The summed E-state index contributed by atoms with van der Waals surface area (Å²) >= 11 is 0. The van der Waals surface area contributed by atoms with Crippen molar-refractivity contribution >= 4 is 5.78 Å². The van der Waals surface area contributed by atoms with Crippen LogP contribution >= 0.6 is 0 Å². The molecule has 2 heteroatoms. The van der Waals surface area contributed by atoms with Crippen molar-refractivity contribution in [1.29, 1.82) is 0 Å². The van der Waals surface area contributed by atoms with Gasteiger partial charge in [0.15, 0.2) is 0 Å². The van der Waals surface area contributed by atoms with Crippen LogP contribution < -0.4 is 0 Å². The van der Waals surface area contributed by atoms with Gasteiger partial charge in [0.05, 0.1) is 0 Å². The smallest absolute Gasteiger partial charge is 0.132 e. The molecule has 0 radical (unpaired) electrons. The van der Waals surface area contributed by atoms with Gasteiger partial charge >= 0.3 is 0 Å². The van der Waals surface area contributed by atoms with Gasteiger partial charge in [0.1, 0.15) is 5.78 Å². The van der Waals surface area contributed by atoms with Crippen LogP contribution in [0.4, 0.5) is 0 Å². The number of pyridine rings is 1. The van der Waals surface area contributed by atoms with Crippen molar-refractivity contribution in [3.05, 3.63) is 30.1 Å². The quantitative estimate of drug-likeness (QED) is 0.680. The lowest BCUT2D eigenvalue weighted by atomic mass is 9.99. The summed E-state index contributed by atoms with van der Waals surface area (Å²) in [6.07, 6.45) is 4.32. The van der Waals surface area contributed by atoms with Gasteiger partial charge in [0, 0.05) is 18.3 Å². The molecule has 1 heterocycles. The average molecular weight is 163 g/mol. The Morgan fingerprint density at radius 1 is 1.50 bits per heavy atom. The largest absolute Gasteiger partial charge is 0.300 e. The van der Waals surface area contributed by atoms with Crippen LogP contribution in [0, 0.1) is 5.92 Å². The molecule has 0 saturated carbocycles. The van der Waals surface area contributed by atoms with Crippen molar-refractivity contribution in [3.8, 4) is 0 Å². The molecule has 1 aromatic rings. The molecule has 0 aromatic carbocycles. The Bertz CT molecular complexity index is 256. The van der Waals surface area contributed by atoms with Gasteiger partial charge in [-0.1, -0.05) is 6.92 Å². The highest BCUT2D eigenvalue weighted by atomic mass is 16.1. The third kappa shape index (κ3) is 2.46. The van der Waals surface area contributed by atoms with Crippen molar-refractivity contribution < 1.29 is 4.79 Å². The van der Waals surface area contributed by atoms with E-state index in [0.717, 1.165) is 6.42 Å². The molecule has 1 rings (SSSR count). The van der Waals surface area contributed by atoms with Crippen molar-refractivity contribution in [2.45, 2.75) is 20.3 Å². The molecular formula is C10H13NO. The number of hydrogen-bond acceptors (Lipinski definition) is 2. The molecule has 12 heavy (non-hydrogen) atoms. The molecular weight excluding hydrogens is 150 g/mol. The first kappa shape index (κ1) is 8.91. The zero-order valence-electron chi connectivity index (χ0n) is 7.45. The Labute approximate surface area is 72.6 Å². The van der Waals surface area contributed by atoms with Crippen molar-refractivity contribution in [2.24, 2.45) is 5.92 Å². The summed E-state index contributed by atoms with van der Waals surface area (Å²) in [5, 5.41) is 0. The van der Waals surface area contributed by atoms with E-state index in [4.69, 9.17) is 0 Å². The second-order valence-corrected chi connectivity index (χ2v) is 3.07. The summed E-state index contributed by atoms with van der Waals surface area (Å²) < 4.78 is 0. The fourth-order valence-electron chi connectivity index (χ4n) is 1.02. The molecule has 0 bridgehead atoms. The van der Waals surface area contributed by atoms with E-state index >= 15 is 0 Å². The monoisotopic (exact) mass is 163 g/mol. The van der Waals surface area contributed by atoms with Gasteiger partial charge in [-0.3, -0.25) is 9.78 Å². The van der Waals surface area contributed by atoms with Crippen LogP contribution in [0.1, 0.15) is 19.4 Å². The summed E-state index contributed by atoms with van der Waals surface area (Å²) in [6, 6.07) is 3.89. The second-order valence-electron chi connectivity index (χ2n) is 3.07. The van der Waals surface area contributed by atoms with E-state index in [-0.39, 0.29) is 11.7 Å². The predicted octanol–water partition coefficient (Wildman–Crippen LogP) is 1.85. The molecule has 0 aliphatic heterocycles. The van der Waals surface area contributed by atoms with Crippen LogP contribution in [0.3, 0.4) is 0 Å². The lowest BCUT2D eigenvalue weighted by Crippen LogP contribution is -2.09. The topological polar surface area (TPSA) is 30.0 Å². The van der Waals surface area contributed by atoms with E-state index in [1.807, 2.05) is 19.1 Å². The van der Waals surface area contributed by atoms with Gasteiger partial charge < -0.3 is 0 Å². The maximum Gasteiger partial charge on any atom is 0.132 e. The van der Waals surface area contributed by atoms with E-state index in [2.05, 4.69) is 4.98 Å². The summed E-state index contributed by atoms with van der Waals surface area (Å²) in [7, 11) is 0. The molecule has 0 spiro atoms. The van der Waals surface area contributed by atoms with Crippen LogP contribution in [0.25, 0.3) is 0 Å². The number of carbonyl (C=O) groups is 1. The number of carbonyl (C=O) groups excluding carboxylic acids is 1. The first-order valence-corrected chi connectivity index (χ1v) is 4.09. The van der Waals surface area contributed by atoms with Crippen molar-refractivity contribution in [1.82, 2.24) is 4.98 Å². The van der Waals surface area contributed by atoms with Gasteiger partial charge in [0.25, 0.3) is 0 Å². The standard InChI is InChI=1S/C10H13NO/c1-8(9(2)12)7-10-3-5-11-6-4-10/h3-6,8H,7H2,1-2H3/t8-/m0/s1. The second kappa shape index (κ2) is 4.00. The van der Waals surface area contributed by atoms with E-state index in [1.54, 1.807) is 19.3 Å². The average Bonchev–Trinajstić information content (AvgIpc) is 2.06. The molecule has 0 aliphatic carbocycles. The van der Waals surface area contributed by atoms with Crippen LogP contribution in [0.5, 0.6) is 0 Å². The predicted molar refractivity (Wildman–Crippen MR) is 47.8 cm³/mol. The zero-order valence-corrected chi connectivity index (χ0v) is 7.45. The molecule has 2 nitrogen and oxygen atoms in total. The SMILES string of the molecule is CC(=O)[C@@H](C)Cc1ccncc1. The third-order valence-electron chi connectivity index (χ3n) is 1.99. The first-order valence-electron chi connectivity index (χ1n) is 4.09. The van der Waals surface area contributed by atoms with Gasteiger partial charge in [0.2, 0.25) is 0 Å². The Morgan fingerprint density at radius 3 is 2.58 bits per heavy atom. The molecule has 1 aromatic heterocycles. The minimum Gasteiger partial charge on any atom is -0.300 e. The highest BCUT2D eigenvalue weighted by molar-refractivity contribution is 5.78. The molecule has 0 fully saturated rings. The Kier molecular flexibility index (Phi) is 2.97. The van der Waals surface area contributed by atoms with Gasteiger partial charge in [-0.2, -0.15) is 0 Å². The Hall–Kier alpha value is -1.18. The molecule has 0 saturated heterocycles. The Morgan fingerprint density at radius 2 is 2.08 bits per heavy atom. The summed E-state index contributed by atoms with van der Waals surface area (Å²) in [4.78, 5) is 14.8. The zero-order chi connectivity index (χ0) is 8.97. The highest BCUT2D eigenvalue weighted by Gasteiger charge is 2.07. The van der Waals surface area contributed by atoms with Crippen LogP contribution in [-0.2, 0) is 11.2 Å². The van der Waals surface area contributed by atoms with E-state index in [0.29, 0.717) is 0 Å². The Balaban J connectivity index is 2.58. The normalized spacial score (nSPS) is 12.5. The number of rotatable bonds is 3. The molecule has 0 amide bonds. The van der Waals surface area contributed by atoms with E-state index < -0.39 is 0 Å². The molecule has 0 aliphatic rings. The summed E-state index contributed by atoms with van der Waals surface area (Å²) in [5.74, 6) is 0.360. The highest BCUT2D eigenvalue weighted by Crippen LogP contribution is 2.07. The van der Waals surface area contributed by atoms with Gasteiger partial charge in [-0.05, 0) is 31.0 Å². The van der Waals surface area contributed by atoms with Crippen LogP contribution in [0.2, 0.25) is 0 Å². The molecule has 0 N–H and O–H groups in total. The number of Topliss-reactive ketones (excluding diaryl/α,β-unsaturated/α-hetero) is 1. The molecule has 64 valence electrons. The lowest BCUT2D eigenvalue weighted by Gasteiger charge is -2.05. The fourth-order valence-corrected chi connectivity index (χ4v) is 1.02. The first-order chi connectivity index (χ1) is 5.70. The van der Waals surface area contributed by atoms with Gasteiger partial charge in [-0.25, -0.2) is 0 Å². The number of aromatic nitrogens is 1. The minimum absolute atomic E-state index is 0.118. The third-order valence-corrected chi connectivity index (χ3v) is 1.99. The maximum absolute atomic E-state index is 10.9. The van der Waals surface area contributed by atoms with Crippen LogP contribution in [0.15, 0.2) is 24.5 Å². The number of nitrogens with zero attached hydrogens (tertiary/aromatic N) is 1. The maximum atomic E-state index is 10.9. The summed E-state index contributed by atoms with van der Waals surface area (Å²) in [5.41, 5.74) is 1.17. The molecule has 0 unspecified atom stereocenters. The summed E-state index contributed by atoms with van der Waals surface area (Å²) in [6.45, 7) is 3.58. The van der Waals surface area contributed by atoms with Crippen molar-refractivity contribution in [3.63, 3.8) is 0 Å². The van der Waals surface area contributed by atoms with E-state index in [1.165, 1.54) is 5.56 Å². The van der Waals surface area contributed by atoms with E-state index in [9.17, 15) is 4.79 Å². The minimum atomic E-state index is 0.118. The van der Waals surface area contributed by atoms with Crippen LogP contribution in [-0.4, -0.2) is 10.8 Å².